The average molecular weight is 294 g/mol. The number of benzene rings is 2. The highest BCUT2D eigenvalue weighted by Crippen LogP contribution is 2.72. The third-order valence-electron chi connectivity index (χ3n) is 2.36. The van der Waals surface area contributed by atoms with E-state index in [2.05, 4.69) is 0 Å². The standard InChI is InChI=1S/C14H15OPS2/c1-2-16(15,17-13-9-5-3-6-10-13)18-14-11-7-4-8-12-14/h3-12H,2H2,1H3. The van der Waals surface area contributed by atoms with Crippen molar-refractivity contribution in [3.8, 4) is 0 Å². The van der Waals surface area contributed by atoms with Crippen LogP contribution in [0, 0.1) is 0 Å². The summed E-state index contributed by atoms with van der Waals surface area (Å²) in [6, 6.07) is 19.9. The van der Waals surface area contributed by atoms with E-state index in [0.717, 1.165) is 9.79 Å². The Balaban J connectivity index is 2.14. The highest BCUT2D eigenvalue weighted by Gasteiger charge is 2.23. The summed E-state index contributed by atoms with van der Waals surface area (Å²) in [5.74, 6) is 0. The molecule has 0 bridgehead atoms. The largest absolute Gasteiger partial charge is 0.300 e. The first-order chi connectivity index (χ1) is 8.72. The lowest BCUT2D eigenvalue weighted by Gasteiger charge is -2.14. The van der Waals surface area contributed by atoms with Crippen LogP contribution in [0.2, 0.25) is 0 Å². The molecular formula is C14H15OPS2. The fraction of sp³-hybridized carbons (Fsp3) is 0.143. The fourth-order valence-corrected chi connectivity index (χ4v) is 8.36. The van der Waals surface area contributed by atoms with E-state index in [0.29, 0.717) is 6.16 Å². The summed E-state index contributed by atoms with van der Waals surface area (Å²) in [4.78, 5) is 2.15. The van der Waals surface area contributed by atoms with Crippen molar-refractivity contribution in [2.75, 3.05) is 6.16 Å². The van der Waals surface area contributed by atoms with Gasteiger partial charge in [-0.3, -0.25) is 4.57 Å². The second kappa shape index (κ2) is 6.51. The lowest BCUT2D eigenvalue weighted by molar-refractivity contribution is 0.594. The summed E-state index contributed by atoms with van der Waals surface area (Å²) in [7, 11) is 0. The zero-order valence-electron chi connectivity index (χ0n) is 10.2. The summed E-state index contributed by atoms with van der Waals surface area (Å²) in [6.07, 6.45) is 0.687. The van der Waals surface area contributed by atoms with Crippen LogP contribution >= 0.6 is 28.3 Å². The Morgan fingerprint density at radius 3 is 1.56 bits per heavy atom. The molecule has 0 amide bonds. The highest BCUT2D eigenvalue weighted by atomic mass is 33.1. The molecule has 0 saturated heterocycles. The molecule has 0 aromatic heterocycles. The van der Waals surface area contributed by atoms with Crippen molar-refractivity contribution in [1.82, 2.24) is 0 Å². The molecule has 0 aliphatic heterocycles. The monoisotopic (exact) mass is 294 g/mol. The van der Waals surface area contributed by atoms with E-state index < -0.39 is 5.55 Å². The van der Waals surface area contributed by atoms with Crippen molar-refractivity contribution in [3.05, 3.63) is 60.7 Å². The molecule has 0 aliphatic carbocycles. The Morgan fingerprint density at radius 1 is 0.833 bits per heavy atom. The second-order valence-electron chi connectivity index (χ2n) is 3.74. The molecule has 0 heterocycles. The lowest BCUT2D eigenvalue weighted by Crippen LogP contribution is -1.78. The van der Waals surface area contributed by atoms with Gasteiger partial charge in [0.15, 0.2) is 5.55 Å². The zero-order chi connectivity index (χ0) is 12.8. The van der Waals surface area contributed by atoms with Crippen molar-refractivity contribution in [2.24, 2.45) is 0 Å². The Morgan fingerprint density at radius 2 is 1.22 bits per heavy atom. The van der Waals surface area contributed by atoms with Crippen LogP contribution in [-0.2, 0) is 4.57 Å². The number of hydrogen-bond acceptors (Lipinski definition) is 3. The summed E-state index contributed by atoms with van der Waals surface area (Å²) in [5, 5.41) is 0. The maximum atomic E-state index is 12.8. The predicted molar refractivity (Wildman–Crippen MR) is 82.7 cm³/mol. The van der Waals surface area contributed by atoms with Crippen LogP contribution in [0.25, 0.3) is 0 Å². The van der Waals surface area contributed by atoms with E-state index in [-0.39, 0.29) is 0 Å². The molecule has 0 unspecified atom stereocenters. The molecule has 0 fully saturated rings. The molecule has 18 heavy (non-hydrogen) atoms. The molecule has 1 nitrogen and oxygen atoms in total. The average Bonchev–Trinajstić information content (AvgIpc) is 2.41. The van der Waals surface area contributed by atoms with Gasteiger partial charge >= 0.3 is 0 Å². The maximum absolute atomic E-state index is 12.8. The van der Waals surface area contributed by atoms with E-state index in [1.165, 1.54) is 22.8 Å². The topological polar surface area (TPSA) is 17.1 Å². The third-order valence-corrected chi connectivity index (χ3v) is 10.5. The van der Waals surface area contributed by atoms with Gasteiger partial charge in [-0.25, -0.2) is 0 Å². The Kier molecular flexibility index (Phi) is 4.99. The molecule has 2 rings (SSSR count). The van der Waals surface area contributed by atoms with Gasteiger partial charge in [-0.15, -0.1) is 0 Å². The fourth-order valence-electron chi connectivity index (χ4n) is 1.43. The van der Waals surface area contributed by atoms with Crippen molar-refractivity contribution in [3.63, 3.8) is 0 Å². The van der Waals surface area contributed by atoms with Crippen LogP contribution in [0.5, 0.6) is 0 Å². The molecule has 0 atom stereocenters. The first-order valence-electron chi connectivity index (χ1n) is 5.80. The van der Waals surface area contributed by atoms with E-state index in [9.17, 15) is 4.57 Å². The minimum atomic E-state index is -2.31. The minimum absolute atomic E-state index is 0.687. The van der Waals surface area contributed by atoms with Crippen LogP contribution < -0.4 is 0 Å². The van der Waals surface area contributed by atoms with Crippen molar-refractivity contribution in [1.29, 1.82) is 0 Å². The SMILES string of the molecule is CCP(=O)(Sc1ccccc1)Sc1ccccc1. The van der Waals surface area contributed by atoms with Crippen LogP contribution in [0.3, 0.4) is 0 Å². The molecule has 0 radical (unpaired) electrons. The normalized spacial score (nSPS) is 11.4. The lowest BCUT2D eigenvalue weighted by atomic mass is 10.4. The first-order valence-corrected chi connectivity index (χ1v) is 10.5. The summed E-state index contributed by atoms with van der Waals surface area (Å²) in [5.41, 5.74) is -2.31. The van der Waals surface area contributed by atoms with Gasteiger partial charge < -0.3 is 0 Å². The molecule has 94 valence electrons. The Labute approximate surface area is 116 Å². The highest BCUT2D eigenvalue weighted by molar-refractivity contribution is 8.90. The van der Waals surface area contributed by atoms with Gasteiger partial charge in [0.1, 0.15) is 0 Å². The first kappa shape index (κ1) is 13.8. The van der Waals surface area contributed by atoms with Gasteiger partial charge in [-0.05, 0) is 47.0 Å². The molecule has 0 N–H and O–H groups in total. The van der Waals surface area contributed by atoms with Gasteiger partial charge in [-0.1, -0.05) is 43.3 Å². The zero-order valence-corrected chi connectivity index (χ0v) is 12.7. The molecular weight excluding hydrogens is 279 g/mol. The quantitative estimate of drug-likeness (QED) is 0.650. The van der Waals surface area contributed by atoms with Gasteiger partial charge in [0.25, 0.3) is 0 Å². The summed E-state index contributed by atoms with van der Waals surface area (Å²) >= 11 is 3.01. The molecule has 0 spiro atoms. The molecule has 2 aromatic carbocycles. The molecule has 2 aromatic rings. The van der Waals surface area contributed by atoms with Crippen LogP contribution in [0.4, 0.5) is 0 Å². The Bertz CT molecular complexity index is 483. The molecule has 0 saturated carbocycles. The van der Waals surface area contributed by atoms with Gasteiger partial charge in [-0.2, -0.15) is 0 Å². The van der Waals surface area contributed by atoms with Gasteiger partial charge in [0.2, 0.25) is 0 Å². The van der Waals surface area contributed by atoms with E-state index in [1.807, 2.05) is 67.6 Å². The second-order valence-corrected chi connectivity index (χ2v) is 12.2. The van der Waals surface area contributed by atoms with E-state index >= 15 is 0 Å². The number of hydrogen-bond donors (Lipinski definition) is 0. The molecule has 4 heteroatoms. The van der Waals surface area contributed by atoms with Gasteiger partial charge in [0.05, 0.1) is 0 Å². The van der Waals surface area contributed by atoms with Crippen molar-refractivity contribution in [2.45, 2.75) is 16.7 Å². The van der Waals surface area contributed by atoms with Crippen molar-refractivity contribution < 1.29 is 4.57 Å². The van der Waals surface area contributed by atoms with E-state index in [1.54, 1.807) is 0 Å². The Hall–Kier alpha value is -0.630. The van der Waals surface area contributed by atoms with Crippen LogP contribution in [0.1, 0.15) is 6.92 Å². The summed E-state index contributed by atoms with van der Waals surface area (Å²) in [6.45, 7) is 1.99. The maximum Gasteiger partial charge on any atom is 0.199 e. The van der Waals surface area contributed by atoms with E-state index in [4.69, 9.17) is 0 Å². The van der Waals surface area contributed by atoms with Crippen molar-refractivity contribution >= 4 is 28.3 Å². The smallest absolute Gasteiger partial charge is 0.199 e. The molecule has 0 aliphatic rings. The predicted octanol–water partition coefficient (Wildman–Crippen LogP) is 5.78. The van der Waals surface area contributed by atoms with Crippen LogP contribution in [-0.4, -0.2) is 6.16 Å². The third kappa shape index (κ3) is 3.94. The minimum Gasteiger partial charge on any atom is -0.300 e. The number of rotatable bonds is 5. The van der Waals surface area contributed by atoms with Gasteiger partial charge in [0, 0.05) is 16.0 Å². The summed E-state index contributed by atoms with van der Waals surface area (Å²) < 4.78 is 12.8. The van der Waals surface area contributed by atoms with Crippen LogP contribution in [0.15, 0.2) is 70.5 Å².